The van der Waals surface area contributed by atoms with Crippen LogP contribution in [0.15, 0.2) is 24.3 Å². The molecule has 0 aliphatic carbocycles. The van der Waals surface area contributed by atoms with Crippen molar-refractivity contribution in [3.63, 3.8) is 0 Å². The lowest BCUT2D eigenvalue weighted by atomic mass is 10.0. The van der Waals surface area contributed by atoms with Crippen molar-refractivity contribution in [3.8, 4) is 0 Å². The van der Waals surface area contributed by atoms with E-state index < -0.39 is 0 Å². The molecule has 1 aromatic carbocycles. The second kappa shape index (κ2) is 5.97. The van der Waals surface area contributed by atoms with E-state index in [-0.39, 0.29) is 0 Å². The molecule has 2 aromatic rings. The lowest BCUT2D eigenvalue weighted by molar-refractivity contribution is -0.888. The zero-order chi connectivity index (χ0) is 14.9. The Hall–Kier alpha value is -1.46. The summed E-state index contributed by atoms with van der Waals surface area (Å²) in [5, 5.41) is 1.27. The SMILES string of the molecule is O=C(C[NH+]1CCSCC1)N1CCc2[nH]c3ccccc3c2C1. The Kier molecular flexibility index (Phi) is 3.84. The average molecular weight is 316 g/mol. The number of benzene rings is 1. The van der Waals surface area contributed by atoms with Crippen molar-refractivity contribution in [2.75, 3.05) is 37.7 Å². The Bertz CT molecular complexity index is 690. The molecule has 4 rings (SSSR count). The van der Waals surface area contributed by atoms with Crippen LogP contribution in [0.25, 0.3) is 10.9 Å². The fourth-order valence-electron chi connectivity index (χ4n) is 3.54. The lowest BCUT2D eigenvalue weighted by Gasteiger charge is -2.30. The summed E-state index contributed by atoms with van der Waals surface area (Å²) in [5.74, 6) is 2.70. The van der Waals surface area contributed by atoms with Crippen LogP contribution in [-0.4, -0.2) is 53.5 Å². The van der Waals surface area contributed by atoms with Crippen LogP contribution in [0.3, 0.4) is 0 Å². The van der Waals surface area contributed by atoms with Gasteiger partial charge >= 0.3 is 0 Å². The molecular formula is C17H22N3OS+. The minimum absolute atomic E-state index is 0.317. The second-order valence-corrected chi connectivity index (χ2v) is 7.46. The average Bonchev–Trinajstić information content (AvgIpc) is 2.93. The summed E-state index contributed by atoms with van der Waals surface area (Å²) in [6.07, 6.45) is 0.945. The number of aromatic amines is 1. The van der Waals surface area contributed by atoms with Crippen molar-refractivity contribution in [2.45, 2.75) is 13.0 Å². The quantitative estimate of drug-likeness (QED) is 0.856. The molecule has 0 radical (unpaired) electrons. The maximum absolute atomic E-state index is 12.6. The van der Waals surface area contributed by atoms with Crippen LogP contribution >= 0.6 is 11.8 Å². The number of carbonyl (C=O) groups excluding carboxylic acids is 1. The van der Waals surface area contributed by atoms with Crippen molar-refractivity contribution in [3.05, 3.63) is 35.5 Å². The predicted octanol–water partition coefficient (Wildman–Crippen LogP) is 0.684. The standard InChI is InChI=1S/C17H21N3OS/c21-17(12-19-7-9-22-10-8-19)20-6-5-16-14(11-20)13-3-1-2-4-15(13)18-16/h1-4,18H,5-12H2/p+1. The Morgan fingerprint density at radius 2 is 2.09 bits per heavy atom. The number of nitrogens with zero attached hydrogens (tertiary/aromatic N) is 1. The zero-order valence-corrected chi connectivity index (χ0v) is 13.5. The topological polar surface area (TPSA) is 40.5 Å². The van der Waals surface area contributed by atoms with Crippen LogP contribution in [0.5, 0.6) is 0 Å². The highest BCUT2D eigenvalue weighted by Crippen LogP contribution is 2.27. The van der Waals surface area contributed by atoms with Gasteiger partial charge in [-0.15, -0.1) is 0 Å². The molecule has 3 heterocycles. The number of thioether (sulfide) groups is 1. The van der Waals surface area contributed by atoms with Gasteiger partial charge in [-0.25, -0.2) is 0 Å². The van der Waals surface area contributed by atoms with Gasteiger partial charge in [0.25, 0.3) is 5.91 Å². The molecule has 0 spiro atoms. The van der Waals surface area contributed by atoms with Gasteiger partial charge in [-0.2, -0.15) is 11.8 Å². The number of aromatic nitrogens is 1. The summed E-state index contributed by atoms with van der Waals surface area (Å²) in [7, 11) is 0. The molecule has 22 heavy (non-hydrogen) atoms. The van der Waals surface area contributed by atoms with Crippen LogP contribution in [0.1, 0.15) is 11.3 Å². The summed E-state index contributed by atoms with van der Waals surface area (Å²) < 4.78 is 0. The minimum atomic E-state index is 0.317. The Labute approximate surface area is 134 Å². The molecule has 1 amide bonds. The molecule has 0 bridgehead atoms. The summed E-state index contributed by atoms with van der Waals surface area (Å²) in [5.41, 5.74) is 3.83. The van der Waals surface area contributed by atoms with E-state index in [1.807, 2.05) is 11.8 Å². The van der Waals surface area contributed by atoms with Gasteiger partial charge < -0.3 is 14.8 Å². The van der Waals surface area contributed by atoms with Gasteiger partial charge in [0.2, 0.25) is 0 Å². The normalized spacial score (nSPS) is 19.4. The van der Waals surface area contributed by atoms with E-state index in [9.17, 15) is 4.79 Å². The van der Waals surface area contributed by atoms with E-state index >= 15 is 0 Å². The highest BCUT2D eigenvalue weighted by Gasteiger charge is 2.27. The molecule has 2 aliphatic heterocycles. The van der Waals surface area contributed by atoms with E-state index in [0.717, 1.165) is 32.6 Å². The molecule has 2 N–H and O–H groups in total. The molecule has 5 heteroatoms. The number of hydrogen-bond acceptors (Lipinski definition) is 2. The third kappa shape index (κ3) is 2.63. The number of fused-ring (bicyclic) bond motifs is 3. The van der Waals surface area contributed by atoms with E-state index in [0.29, 0.717) is 12.5 Å². The van der Waals surface area contributed by atoms with Crippen molar-refractivity contribution in [1.29, 1.82) is 0 Å². The fourth-order valence-corrected chi connectivity index (χ4v) is 4.61. The van der Waals surface area contributed by atoms with Crippen molar-refractivity contribution in [1.82, 2.24) is 9.88 Å². The Morgan fingerprint density at radius 3 is 2.95 bits per heavy atom. The molecule has 0 unspecified atom stereocenters. The van der Waals surface area contributed by atoms with Crippen LogP contribution < -0.4 is 4.90 Å². The van der Waals surface area contributed by atoms with Crippen molar-refractivity contribution >= 4 is 28.6 Å². The minimum Gasteiger partial charge on any atom is -0.358 e. The molecule has 1 aromatic heterocycles. The predicted molar refractivity (Wildman–Crippen MR) is 90.3 cm³/mol. The Morgan fingerprint density at radius 1 is 1.27 bits per heavy atom. The highest BCUT2D eigenvalue weighted by molar-refractivity contribution is 7.99. The highest BCUT2D eigenvalue weighted by atomic mass is 32.2. The van der Waals surface area contributed by atoms with E-state index in [4.69, 9.17) is 0 Å². The summed E-state index contributed by atoms with van der Waals surface area (Å²) in [4.78, 5) is 19.6. The molecule has 0 saturated carbocycles. The first kappa shape index (κ1) is 14.2. The van der Waals surface area contributed by atoms with E-state index in [1.54, 1.807) is 0 Å². The molecule has 2 aliphatic rings. The van der Waals surface area contributed by atoms with E-state index in [1.165, 1.54) is 38.6 Å². The monoisotopic (exact) mass is 316 g/mol. The number of rotatable bonds is 2. The van der Waals surface area contributed by atoms with Gasteiger partial charge in [0, 0.05) is 53.2 Å². The summed E-state index contributed by atoms with van der Waals surface area (Å²) in [6, 6.07) is 8.42. The molecule has 4 nitrogen and oxygen atoms in total. The first-order chi connectivity index (χ1) is 10.8. The molecule has 116 valence electrons. The van der Waals surface area contributed by atoms with Gasteiger partial charge in [0.1, 0.15) is 0 Å². The third-order valence-corrected chi connectivity index (χ3v) is 5.82. The molecule has 1 saturated heterocycles. The maximum atomic E-state index is 12.6. The summed E-state index contributed by atoms with van der Waals surface area (Å²) in [6.45, 7) is 4.53. The molecule has 0 atom stereocenters. The van der Waals surface area contributed by atoms with Gasteiger partial charge in [0.15, 0.2) is 6.54 Å². The smallest absolute Gasteiger partial charge is 0.278 e. The second-order valence-electron chi connectivity index (χ2n) is 6.23. The van der Waals surface area contributed by atoms with Crippen molar-refractivity contribution < 1.29 is 9.69 Å². The van der Waals surface area contributed by atoms with Crippen molar-refractivity contribution in [2.24, 2.45) is 0 Å². The number of quaternary nitrogens is 1. The van der Waals surface area contributed by atoms with Gasteiger partial charge in [-0.05, 0) is 6.07 Å². The third-order valence-electron chi connectivity index (χ3n) is 4.84. The Balaban J connectivity index is 1.50. The number of H-pyrrole nitrogens is 1. The van der Waals surface area contributed by atoms with Gasteiger partial charge in [-0.3, -0.25) is 4.79 Å². The first-order valence-electron chi connectivity index (χ1n) is 8.09. The number of carbonyl (C=O) groups is 1. The van der Waals surface area contributed by atoms with Crippen LogP contribution in [0.2, 0.25) is 0 Å². The largest absolute Gasteiger partial charge is 0.358 e. The molecule has 1 fully saturated rings. The number of nitrogens with one attached hydrogen (secondary N) is 2. The number of hydrogen-bond donors (Lipinski definition) is 2. The maximum Gasteiger partial charge on any atom is 0.278 e. The van der Waals surface area contributed by atoms with Gasteiger partial charge in [-0.1, -0.05) is 18.2 Å². The van der Waals surface area contributed by atoms with Crippen LogP contribution in [-0.2, 0) is 17.8 Å². The summed E-state index contributed by atoms with van der Waals surface area (Å²) >= 11 is 2.00. The van der Waals surface area contributed by atoms with Crippen LogP contribution in [0, 0.1) is 0 Å². The number of para-hydroxylation sites is 1. The fraction of sp³-hybridized carbons (Fsp3) is 0.471. The number of amides is 1. The van der Waals surface area contributed by atoms with E-state index in [2.05, 4.69) is 34.1 Å². The lowest BCUT2D eigenvalue weighted by Crippen LogP contribution is -3.14. The zero-order valence-electron chi connectivity index (χ0n) is 12.7. The molecular weight excluding hydrogens is 294 g/mol. The first-order valence-corrected chi connectivity index (χ1v) is 9.24. The van der Waals surface area contributed by atoms with Gasteiger partial charge in [0.05, 0.1) is 13.1 Å². The van der Waals surface area contributed by atoms with Crippen LogP contribution in [0.4, 0.5) is 0 Å².